The molecule has 10 atom stereocenters. The topological polar surface area (TPSA) is 324 Å². The van der Waals surface area contributed by atoms with Crippen LogP contribution in [0.4, 0.5) is 11.8 Å². The minimum atomic E-state index is -5.31. The highest BCUT2D eigenvalue weighted by Crippen LogP contribution is 2.56. The van der Waals surface area contributed by atoms with Gasteiger partial charge < -0.3 is 58.7 Å². The normalized spacial score (nSPS) is 33.2. The molecule has 3 saturated heterocycles. The second-order valence-electron chi connectivity index (χ2n) is 11.3. The number of anilines is 2. The highest BCUT2D eigenvalue weighted by molar-refractivity contribution is 7.46. The Morgan fingerprint density at radius 3 is 2.48 bits per heavy atom. The molecule has 0 spiro atoms. The molecule has 0 bridgehead atoms. The largest absolute Gasteiger partial charge is 0.756 e. The van der Waals surface area contributed by atoms with E-state index >= 15 is 0 Å². The average Bonchev–Trinajstić information content (AvgIpc) is 3.81. The zero-order valence-electron chi connectivity index (χ0n) is 24.9. The lowest BCUT2D eigenvalue weighted by molar-refractivity contribution is -0.237. The fourth-order valence-corrected chi connectivity index (χ4v) is 7.73. The van der Waals surface area contributed by atoms with E-state index in [1.165, 1.54) is 21.8 Å². The standard InChI is InChI=1S/C23H30N10O13P2/c1-8(2)40-3-9-14(13(34)21(42-9)32-6-28-11-17(24)26-5-27-18(11)32)44-47(36,37)41-4-10-15-16(46-48(38,39)45-15)22(43-10)33-7-29-12-19(33)30-23(25)31-20(12)35/h5-10,13-16,21-22,34H,3-4H2,1-2H3,(H,36,37)(H,38,39)(H2,24,26,27)(H3,25,30,31,35)/p-2/t9-,10-,13?,14+,15+,16?,21-,22-/m1/s1. The Balaban J connectivity index is 1.10. The van der Waals surface area contributed by atoms with Gasteiger partial charge in [-0.3, -0.25) is 28.0 Å². The number of nitrogens with two attached hydrogens (primary N) is 2. The van der Waals surface area contributed by atoms with Crippen molar-refractivity contribution in [3.63, 3.8) is 0 Å². The molecule has 7 heterocycles. The van der Waals surface area contributed by atoms with E-state index in [4.69, 9.17) is 43.8 Å². The molecule has 4 aromatic heterocycles. The van der Waals surface area contributed by atoms with Crippen molar-refractivity contribution >= 4 is 49.7 Å². The summed E-state index contributed by atoms with van der Waals surface area (Å²) in [6.07, 6.45) is -7.57. The number of rotatable bonds is 10. The lowest BCUT2D eigenvalue weighted by atomic mass is 10.1. The van der Waals surface area contributed by atoms with Crippen molar-refractivity contribution in [3.05, 3.63) is 29.3 Å². The maximum atomic E-state index is 13.2. The zero-order chi connectivity index (χ0) is 34.1. The summed E-state index contributed by atoms with van der Waals surface area (Å²) < 4.78 is 66.1. The summed E-state index contributed by atoms with van der Waals surface area (Å²) in [7, 11) is -10.2. The predicted octanol–water partition coefficient (Wildman–Crippen LogP) is -2.17. The number of hydrogen-bond donors (Lipinski definition) is 4. The van der Waals surface area contributed by atoms with Crippen LogP contribution in [0.3, 0.4) is 0 Å². The number of aliphatic hydroxyl groups is 1. The first-order valence-corrected chi connectivity index (χ1v) is 17.2. The van der Waals surface area contributed by atoms with Gasteiger partial charge in [-0.05, 0) is 13.8 Å². The Morgan fingerprint density at radius 1 is 1.04 bits per heavy atom. The molecule has 4 aromatic rings. The van der Waals surface area contributed by atoms with Crippen LogP contribution in [0.1, 0.15) is 26.3 Å². The number of aromatic nitrogens is 8. The summed E-state index contributed by atoms with van der Waals surface area (Å²) in [5.41, 5.74) is 11.1. The van der Waals surface area contributed by atoms with Crippen molar-refractivity contribution in [1.82, 2.24) is 39.0 Å². The number of phosphoric ester groups is 2. The van der Waals surface area contributed by atoms with Gasteiger partial charge in [-0.2, -0.15) is 4.98 Å². The lowest BCUT2D eigenvalue weighted by Gasteiger charge is -2.31. The number of nitrogens with one attached hydrogen (secondary N) is 1. The molecule has 23 nitrogen and oxygen atoms in total. The third-order valence-electron chi connectivity index (χ3n) is 7.72. The molecule has 25 heteroatoms. The Kier molecular flexibility index (Phi) is 8.38. The predicted molar refractivity (Wildman–Crippen MR) is 153 cm³/mol. The van der Waals surface area contributed by atoms with Gasteiger partial charge >= 0.3 is 0 Å². The van der Waals surface area contributed by atoms with E-state index in [9.17, 15) is 28.8 Å². The third kappa shape index (κ3) is 6.01. The van der Waals surface area contributed by atoms with Crippen LogP contribution in [0, 0.1) is 0 Å². The molecule has 6 N–H and O–H groups in total. The van der Waals surface area contributed by atoms with Crippen molar-refractivity contribution in [2.45, 2.75) is 69.0 Å². The van der Waals surface area contributed by atoms with Crippen molar-refractivity contribution < 1.29 is 56.3 Å². The Labute approximate surface area is 268 Å². The van der Waals surface area contributed by atoms with E-state index < -0.39 is 76.9 Å². The highest BCUT2D eigenvalue weighted by atomic mass is 31.2. The summed E-state index contributed by atoms with van der Waals surface area (Å²) in [5, 5.41) is 11.3. The maximum Gasteiger partial charge on any atom is 0.280 e. The molecule has 0 saturated carbocycles. The highest BCUT2D eigenvalue weighted by Gasteiger charge is 2.55. The monoisotopic (exact) mass is 714 g/mol. The number of nitrogen functional groups attached to an aromatic ring is 2. The van der Waals surface area contributed by atoms with Gasteiger partial charge in [0.05, 0.1) is 32.0 Å². The van der Waals surface area contributed by atoms with Crippen LogP contribution >= 0.6 is 15.6 Å². The Hall–Kier alpha value is -3.44. The summed E-state index contributed by atoms with van der Waals surface area (Å²) in [5.74, 6) is -0.169. The number of phosphoric acid groups is 2. The molecular formula is C23H28N10O13P2-2. The second kappa shape index (κ2) is 12.2. The van der Waals surface area contributed by atoms with E-state index in [-0.39, 0.29) is 46.8 Å². The summed E-state index contributed by atoms with van der Waals surface area (Å²) >= 11 is 0. The van der Waals surface area contributed by atoms with Crippen LogP contribution in [0.2, 0.25) is 0 Å². The van der Waals surface area contributed by atoms with E-state index in [1.54, 1.807) is 13.8 Å². The Bertz CT molecular complexity index is 2010. The SMILES string of the molecule is CC(C)OC[C@H]1O[C@@H](n2cnc3c(N)ncnc32)C(O)[C@H]1OP(=O)([O-])OC[C@H]1O[C@@H](n2cnc3c(=O)[nH]c(N)nc32)C2OP(=O)([O-])O[C@H]21. The lowest BCUT2D eigenvalue weighted by Crippen LogP contribution is -2.38. The smallest absolute Gasteiger partial charge is 0.280 e. The molecule has 0 aliphatic carbocycles. The van der Waals surface area contributed by atoms with Gasteiger partial charge in [0, 0.05) is 0 Å². The second-order valence-corrected chi connectivity index (χ2v) is 13.9. The van der Waals surface area contributed by atoms with E-state index in [1.807, 2.05) is 0 Å². The van der Waals surface area contributed by atoms with Gasteiger partial charge in [0.25, 0.3) is 21.2 Å². The molecule has 0 aromatic carbocycles. The summed E-state index contributed by atoms with van der Waals surface area (Å²) in [6, 6.07) is 0. The van der Waals surface area contributed by atoms with Gasteiger partial charge in [0.1, 0.15) is 48.5 Å². The van der Waals surface area contributed by atoms with Gasteiger partial charge in [0.2, 0.25) is 5.95 Å². The quantitative estimate of drug-likeness (QED) is 0.127. The number of aliphatic hydroxyl groups excluding tert-OH is 1. The van der Waals surface area contributed by atoms with Crippen LogP contribution < -0.4 is 26.8 Å². The Morgan fingerprint density at radius 2 is 1.73 bits per heavy atom. The molecule has 4 unspecified atom stereocenters. The minimum Gasteiger partial charge on any atom is -0.756 e. The zero-order valence-corrected chi connectivity index (χ0v) is 26.7. The minimum absolute atomic E-state index is 0.0603. The first kappa shape index (κ1) is 33.1. The van der Waals surface area contributed by atoms with Crippen molar-refractivity contribution in [2.24, 2.45) is 0 Å². The van der Waals surface area contributed by atoms with Crippen LogP contribution in [-0.2, 0) is 41.4 Å². The molecule has 3 aliphatic heterocycles. The molecule has 0 radical (unpaired) electrons. The first-order valence-electron chi connectivity index (χ1n) is 14.3. The number of ether oxygens (including phenoxy) is 3. The van der Waals surface area contributed by atoms with Crippen LogP contribution in [0.25, 0.3) is 22.3 Å². The molecule has 3 aliphatic rings. The molecule has 0 amide bonds. The number of H-pyrrole nitrogens is 1. The molecule has 260 valence electrons. The fraction of sp³-hybridized carbons (Fsp3) is 0.565. The van der Waals surface area contributed by atoms with Gasteiger partial charge in [0.15, 0.2) is 35.1 Å². The van der Waals surface area contributed by atoms with E-state index in [0.29, 0.717) is 0 Å². The van der Waals surface area contributed by atoms with Gasteiger partial charge in [-0.1, -0.05) is 0 Å². The fourth-order valence-electron chi connectivity index (χ4n) is 5.66. The number of fused-ring (bicyclic) bond motifs is 3. The van der Waals surface area contributed by atoms with Gasteiger partial charge in [-0.15, -0.1) is 0 Å². The molecule has 48 heavy (non-hydrogen) atoms. The molecular weight excluding hydrogens is 686 g/mol. The van der Waals surface area contributed by atoms with E-state index in [2.05, 4.69) is 29.9 Å². The van der Waals surface area contributed by atoms with Crippen LogP contribution in [0.15, 0.2) is 23.8 Å². The number of imidazole rings is 2. The van der Waals surface area contributed by atoms with Crippen molar-refractivity contribution in [3.8, 4) is 0 Å². The number of aromatic amines is 1. The maximum absolute atomic E-state index is 13.2. The van der Waals surface area contributed by atoms with E-state index in [0.717, 1.165) is 6.33 Å². The number of nitrogens with zero attached hydrogens (tertiary/aromatic N) is 7. The van der Waals surface area contributed by atoms with Crippen molar-refractivity contribution in [1.29, 1.82) is 0 Å². The van der Waals surface area contributed by atoms with Crippen molar-refractivity contribution in [2.75, 3.05) is 24.7 Å². The van der Waals surface area contributed by atoms with Gasteiger partial charge in [-0.25, -0.2) is 19.9 Å². The summed E-state index contributed by atoms with van der Waals surface area (Å²) in [6.45, 7) is 2.50. The first-order chi connectivity index (χ1) is 22.7. The number of hydrogen-bond acceptors (Lipinski definition) is 20. The van der Waals surface area contributed by atoms with Crippen LogP contribution in [-0.4, -0.2) is 100 Å². The average molecular weight is 714 g/mol. The summed E-state index contributed by atoms with van der Waals surface area (Å²) in [4.78, 5) is 60.2. The molecule has 7 rings (SSSR count). The molecule has 3 fully saturated rings. The third-order valence-corrected chi connectivity index (χ3v) is 9.69. The van der Waals surface area contributed by atoms with Crippen LogP contribution in [0.5, 0.6) is 0 Å².